The van der Waals surface area contributed by atoms with Crippen molar-refractivity contribution in [1.29, 1.82) is 0 Å². The van der Waals surface area contributed by atoms with Crippen molar-refractivity contribution in [2.75, 3.05) is 18.7 Å². The molecule has 2 aromatic carbocycles. The summed E-state index contributed by atoms with van der Waals surface area (Å²) in [5, 5.41) is 6.21. The van der Waals surface area contributed by atoms with Gasteiger partial charge in [0.05, 0.1) is 0 Å². The quantitative estimate of drug-likeness (QED) is 0.831. The van der Waals surface area contributed by atoms with Crippen LogP contribution in [0, 0.1) is 0 Å². The van der Waals surface area contributed by atoms with Gasteiger partial charge in [-0.3, -0.25) is 4.79 Å². The van der Waals surface area contributed by atoms with Crippen LogP contribution >= 0.6 is 0 Å². The van der Waals surface area contributed by atoms with Gasteiger partial charge in [0.25, 0.3) is 5.91 Å². The van der Waals surface area contributed by atoms with Crippen LogP contribution in [0.2, 0.25) is 0 Å². The van der Waals surface area contributed by atoms with E-state index in [0.717, 1.165) is 22.7 Å². The topological polar surface area (TPSA) is 68.8 Å². The molecule has 0 saturated carbocycles. The number of hydrogen-bond acceptors (Lipinski definition) is 5. The Hall–Kier alpha value is -2.89. The third-order valence-electron chi connectivity index (χ3n) is 3.68. The van der Waals surface area contributed by atoms with Crippen LogP contribution in [-0.4, -0.2) is 24.8 Å². The van der Waals surface area contributed by atoms with E-state index in [2.05, 4.69) is 10.6 Å². The number of nitrogens with one attached hydrogen (secondary N) is 2. The molecular weight excluding hydrogens is 332 g/mol. The van der Waals surface area contributed by atoms with Gasteiger partial charge in [-0.05, 0) is 50.6 Å². The molecule has 0 atom stereocenters. The van der Waals surface area contributed by atoms with Crippen LogP contribution < -0.4 is 24.8 Å². The second kappa shape index (κ2) is 7.56. The molecule has 26 heavy (non-hydrogen) atoms. The normalized spacial score (nSPS) is 12.6. The first-order chi connectivity index (χ1) is 12.4. The summed E-state index contributed by atoms with van der Waals surface area (Å²) in [4.78, 5) is 11.8. The maximum Gasteiger partial charge on any atom is 0.258 e. The maximum absolute atomic E-state index is 11.8. The lowest BCUT2D eigenvalue weighted by molar-refractivity contribution is -0.124. The number of fused-ring (bicyclic) bond motifs is 1. The molecule has 0 aliphatic carbocycles. The van der Waals surface area contributed by atoms with Crippen molar-refractivity contribution < 1.29 is 19.0 Å². The average molecular weight is 356 g/mol. The van der Waals surface area contributed by atoms with Crippen molar-refractivity contribution in [3.8, 4) is 17.2 Å². The number of anilines is 1. The third kappa shape index (κ3) is 5.05. The lowest BCUT2D eigenvalue weighted by Gasteiger charge is -2.20. The number of carbonyl (C=O) groups is 1. The average Bonchev–Trinajstić information content (AvgIpc) is 3.05. The van der Waals surface area contributed by atoms with E-state index in [0.29, 0.717) is 12.3 Å². The second-order valence-electron chi connectivity index (χ2n) is 7.15. The molecule has 0 unspecified atom stereocenters. The van der Waals surface area contributed by atoms with Gasteiger partial charge in [0.1, 0.15) is 5.75 Å². The minimum Gasteiger partial charge on any atom is -0.484 e. The molecular formula is C20H24N2O4. The van der Waals surface area contributed by atoms with Gasteiger partial charge >= 0.3 is 0 Å². The highest BCUT2D eigenvalue weighted by Gasteiger charge is 2.14. The summed E-state index contributed by atoms with van der Waals surface area (Å²) in [6, 6.07) is 13.4. The van der Waals surface area contributed by atoms with Gasteiger partial charge in [-0.1, -0.05) is 12.1 Å². The van der Waals surface area contributed by atoms with E-state index >= 15 is 0 Å². The van der Waals surface area contributed by atoms with E-state index in [1.807, 2.05) is 63.2 Å². The molecule has 0 spiro atoms. The molecule has 1 heterocycles. The van der Waals surface area contributed by atoms with Gasteiger partial charge in [0.15, 0.2) is 18.1 Å². The lowest BCUT2D eigenvalue weighted by Crippen LogP contribution is -2.43. The summed E-state index contributed by atoms with van der Waals surface area (Å²) < 4.78 is 16.2. The van der Waals surface area contributed by atoms with E-state index in [9.17, 15) is 4.79 Å². The van der Waals surface area contributed by atoms with E-state index in [-0.39, 0.29) is 24.8 Å². The molecule has 0 saturated heterocycles. The zero-order chi connectivity index (χ0) is 18.6. The Bertz CT molecular complexity index is 766. The summed E-state index contributed by atoms with van der Waals surface area (Å²) in [5.74, 6) is 2.06. The molecule has 6 nitrogen and oxygen atoms in total. The highest BCUT2D eigenvalue weighted by Crippen LogP contribution is 2.34. The van der Waals surface area contributed by atoms with Crippen LogP contribution in [0.5, 0.6) is 17.2 Å². The number of amides is 1. The summed E-state index contributed by atoms with van der Waals surface area (Å²) in [6.07, 6.45) is 0. The number of benzene rings is 2. The van der Waals surface area contributed by atoms with Crippen molar-refractivity contribution in [2.45, 2.75) is 32.9 Å². The van der Waals surface area contributed by atoms with E-state index in [4.69, 9.17) is 14.2 Å². The fraction of sp³-hybridized carbons (Fsp3) is 0.350. The van der Waals surface area contributed by atoms with Crippen molar-refractivity contribution in [3.63, 3.8) is 0 Å². The Balaban J connectivity index is 1.48. The molecule has 0 radical (unpaired) electrons. The Kier molecular flexibility index (Phi) is 5.21. The van der Waals surface area contributed by atoms with Gasteiger partial charge < -0.3 is 24.8 Å². The fourth-order valence-corrected chi connectivity index (χ4v) is 2.52. The van der Waals surface area contributed by atoms with Crippen LogP contribution in [0.4, 0.5) is 5.69 Å². The van der Waals surface area contributed by atoms with Gasteiger partial charge in [-0.15, -0.1) is 0 Å². The van der Waals surface area contributed by atoms with Crippen molar-refractivity contribution in [2.24, 2.45) is 0 Å². The number of hydrogen-bond donors (Lipinski definition) is 2. The lowest BCUT2D eigenvalue weighted by atomic mass is 10.1. The SMILES string of the molecule is CC(C)(C)NC(=O)COc1ccc(CNc2ccc3c(c2)OCO3)cc1. The van der Waals surface area contributed by atoms with Crippen molar-refractivity contribution >= 4 is 11.6 Å². The zero-order valence-corrected chi connectivity index (χ0v) is 15.3. The Labute approximate surface area is 153 Å². The van der Waals surface area contributed by atoms with E-state index in [1.165, 1.54) is 0 Å². The van der Waals surface area contributed by atoms with Gasteiger partial charge in [-0.25, -0.2) is 0 Å². The summed E-state index contributed by atoms with van der Waals surface area (Å²) in [5.41, 5.74) is 1.81. The smallest absolute Gasteiger partial charge is 0.258 e. The molecule has 1 amide bonds. The predicted octanol–water partition coefficient (Wildman–Crippen LogP) is 3.32. The Morgan fingerprint density at radius 3 is 2.54 bits per heavy atom. The standard InChI is InChI=1S/C20H24N2O4/c1-20(2,3)22-19(23)12-24-16-7-4-14(5-8-16)11-21-15-6-9-17-18(10-15)26-13-25-17/h4-10,21H,11-13H2,1-3H3,(H,22,23). The van der Waals surface area contributed by atoms with Crippen molar-refractivity contribution in [1.82, 2.24) is 5.32 Å². The Morgan fingerprint density at radius 2 is 1.81 bits per heavy atom. The molecule has 3 rings (SSSR count). The first-order valence-electron chi connectivity index (χ1n) is 8.55. The molecule has 138 valence electrons. The number of carbonyl (C=O) groups excluding carboxylic acids is 1. The maximum atomic E-state index is 11.8. The predicted molar refractivity (Wildman–Crippen MR) is 99.7 cm³/mol. The number of ether oxygens (including phenoxy) is 3. The molecule has 0 bridgehead atoms. The minimum atomic E-state index is -0.259. The molecule has 2 N–H and O–H groups in total. The third-order valence-corrected chi connectivity index (χ3v) is 3.68. The second-order valence-corrected chi connectivity index (χ2v) is 7.15. The van der Waals surface area contributed by atoms with Gasteiger partial charge in [0, 0.05) is 23.8 Å². The van der Waals surface area contributed by atoms with Crippen LogP contribution in [0.25, 0.3) is 0 Å². The molecule has 2 aromatic rings. The zero-order valence-electron chi connectivity index (χ0n) is 15.3. The van der Waals surface area contributed by atoms with Crippen molar-refractivity contribution in [3.05, 3.63) is 48.0 Å². The Morgan fingerprint density at radius 1 is 1.08 bits per heavy atom. The summed E-state index contributed by atoms with van der Waals surface area (Å²) in [6.45, 7) is 6.76. The van der Waals surface area contributed by atoms with Crippen LogP contribution in [-0.2, 0) is 11.3 Å². The largest absolute Gasteiger partial charge is 0.484 e. The summed E-state index contributed by atoms with van der Waals surface area (Å²) in [7, 11) is 0. The first-order valence-corrected chi connectivity index (χ1v) is 8.55. The number of rotatable bonds is 6. The van der Waals surface area contributed by atoms with Gasteiger partial charge in [-0.2, -0.15) is 0 Å². The molecule has 1 aliphatic heterocycles. The molecule has 6 heteroatoms. The van der Waals surface area contributed by atoms with E-state index < -0.39 is 0 Å². The highest BCUT2D eigenvalue weighted by molar-refractivity contribution is 5.78. The van der Waals surface area contributed by atoms with Gasteiger partial charge in [0.2, 0.25) is 6.79 Å². The highest BCUT2D eigenvalue weighted by atomic mass is 16.7. The van der Waals surface area contributed by atoms with E-state index in [1.54, 1.807) is 0 Å². The minimum absolute atomic E-state index is 0.00602. The molecule has 0 aromatic heterocycles. The van der Waals surface area contributed by atoms with Crippen LogP contribution in [0.15, 0.2) is 42.5 Å². The first kappa shape index (κ1) is 17.9. The van der Waals surface area contributed by atoms with Crippen LogP contribution in [0.1, 0.15) is 26.3 Å². The fourth-order valence-electron chi connectivity index (χ4n) is 2.52. The monoisotopic (exact) mass is 356 g/mol. The van der Waals surface area contributed by atoms with Crippen LogP contribution in [0.3, 0.4) is 0 Å². The summed E-state index contributed by atoms with van der Waals surface area (Å²) >= 11 is 0. The molecule has 0 fully saturated rings. The molecule has 1 aliphatic rings.